The Hall–Kier alpha value is -1.84. The highest BCUT2D eigenvalue weighted by atomic mass is 16.3. The molecular formula is C15H20N2O2. The number of furan rings is 1. The number of hydrogen-bond donors (Lipinski definition) is 0. The lowest BCUT2D eigenvalue weighted by atomic mass is 10.0. The van der Waals surface area contributed by atoms with E-state index in [-0.39, 0.29) is 5.78 Å². The van der Waals surface area contributed by atoms with Gasteiger partial charge in [-0.05, 0) is 40.7 Å². The van der Waals surface area contributed by atoms with Crippen LogP contribution >= 0.6 is 0 Å². The van der Waals surface area contributed by atoms with Crippen molar-refractivity contribution >= 4 is 5.78 Å². The SMILES string of the molecule is CCn1nc(C)cc1CC(=O)c1c(C)oc(C)c1C. The molecule has 2 rings (SSSR count). The van der Waals surface area contributed by atoms with Crippen molar-refractivity contribution in [2.24, 2.45) is 0 Å². The predicted octanol–water partition coefficient (Wildman–Crippen LogP) is 3.16. The molecule has 19 heavy (non-hydrogen) atoms. The fourth-order valence-electron chi connectivity index (χ4n) is 2.47. The van der Waals surface area contributed by atoms with Crippen molar-refractivity contribution in [1.29, 1.82) is 0 Å². The minimum Gasteiger partial charge on any atom is -0.466 e. The molecule has 0 aliphatic carbocycles. The monoisotopic (exact) mass is 260 g/mol. The van der Waals surface area contributed by atoms with Crippen LogP contribution in [0.25, 0.3) is 0 Å². The Morgan fingerprint density at radius 1 is 1.26 bits per heavy atom. The van der Waals surface area contributed by atoms with Gasteiger partial charge in [0.1, 0.15) is 11.5 Å². The van der Waals surface area contributed by atoms with Gasteiger partial charge in [-0.3, -0.25) is 9.48 Å². The summed E-state index contributed by atoms with van der Waals surface area (Å²) in [5.74, 6) is 1.63. The minimum absolute atomic E-state index is 0.0986. The van der Waals surface area contributed by atoms with Gasteiger partial charge in [0.05, 0.1) is 17.7 Å². The molecule has 4 heteroatoms. The Morgan fingerprint density at radius 3 is 2.47 bits per heavy atom. The summed E-state index contributed by atoms with van der Waals surface area (Å²) in [7, 11) is 0. The van der Waals surface area contributed by atoms with Crippen LogP contribution in [0.3, 0.4) is 0 Å². The molecule has 0 N–H and O–H groups in total. The Balaban J connectivity index is 2.30. The summed E-state index contributed by atoms with van der Waals surface area (Å²) < 4.78 is 7.40. The number of Topliss-reactive ketones (excluding diaryl/α,β-unsaturated/α-hetero) is 1. The standard InChI is InChI=1S/C15H20N2O2/c1-6-17-13(7-9(2)16-17)8-14(18)15-10(3)11(4)19-12(15)5/h7H,6,8H2,1-5H3. The normalized spacial score (nSPS) is 11.0. The Bertz CT molecular complexity index is 620. The van der Waals surface area contributed by atoms with Crippen LogP contribution in [0, 0.1) is 27.7 Å². The van der Waals surface area contributed by atoms with Gasteiger partial charge in [-0.2, -0.15) is 5.10 Å². The molecule has 0 atom stereocenters. The third-order valence-corrected chi connectivity index (χ3v) is 3.47. The van der Waals surface area contributed by atoms with Gasteiger partial charge in [-0.25, -0.2) is 0 Å². The largest absolute Gasteiger partial charge is 0.466 e. The lowest BCUT2D eigenvalue weighted by Gasteiger charge is -2.04. The summed E-state index contributed by atoms with van der Waals surface area (Å²) in [5, 5.41) is 4.37. The zero-order valence-electron chi connectivity index (χ0n) is 12.2. The third-order valence-electron chi connectivity index (χ3n) is 3.47. The summed E-state index contributed by atoms with van der Waals surface area (Å²) in [4.78, 5) is 12.4. The van der Waals surface area contributed by atoms with Crippen molar-refractivity contribution in [3.63, 3.8) is 0 Å². The van der Waals surface area contributed by atoms with E-state index in [2.05, 4.69) is 5.10 Å². The van der Waals surface area contributed by atoms with Crippen LogP contribution in [0.4, 0.5) is 0 Å². The Labute approximate surface area is 113 Å². The number of nitrogens with zero attached hydrogens (tertiary/aromatic N) is 2. The molecule has 0 aromatic carbocycles. The first-order valence-electron chi connectivity index (χ1n) is 6.57. The van der Waals surface area contributed by atoms with E-state index in [9.17, 15) is 4.79 Å². The highest BCUT2D eigenvalue weighted by Gasteiger charge is 2.20. The second kappa shape index (κ2) is 5.03. The van der Waals surface area contributed by atoms with Crippen LogP contribution in [0.15, 0.2) is 10.5 Å². The smallest absolute Gasteiger partial charge is 0.172 e. The van der Waals surface area contributed by atoms with E-state index in [4.69, 9.17) is 4.42 Å². The van der Waals surface area contributed by atoms with Gasteiger partial charge in [0, 0.05) is 17.8 Å². The molecule has 0 unspecified atom stereocenters. The zero-order chi connectivity index (χ0) is 14.2. The third kappa shape index (κ3) is 2.48. The maximum Gasteiger partial charge on any atom is 0.172 e. The summed E-state index contributed by atoms with van der Waals surface area (Å²) in [5.41, 5.74) is 3.57. The highest BCUT2D eigenvalue weighted by molar-refractivity contribution is 5.99. The Morgan fingerprint density at radius 2 is 1.95 bits per heavy atom. The molecule has 0 amide bonds. The zero-order valence-corrected chi connectivity index (χ0v) is 12.2. The van der Waals surface area contributed by atoms with Crippen molar-refractivity contribution in [1.82, 2.24) is 9.78 Å². The molecular weight excluding hydrogens is 240 g/mol. The fraction of sp³-hybridized carbons (Fsp3) is 0.467. The van der Waals surface area contributed by atoms with Crippen LogP contribution in [-0.4, -0.2) is 15.6 Å². The fourth-order valence-corrected chi connectivity index (χ4v) is 2.47. The molecule has 4 nitrogen and oxygen atoms in total. The summed E-state index contributed by atoms with van der Waals surface area (Å²) in [6.45, 7) is 10.4. The van der Waals surface area contributed by atoms with E-state index >= 15 is 0 Å². The number of ketones is 1. The van der Waals surface area contributed by atoms with E-state index in [1.165, 1.54) is 0 Å². The molecule has 0 radical (unpaired) electrons. The van der Waals surface area contributed by atoms with Crippen LogP contribution in [0.1, 0.15) is 45.8 Å². The van der Waals surface area contributed by atoms with Gasteiger partial charge in [-0.15, -0.1) is 0 Å². The second-order valence-corrected chi connectivity index (χ2v) is 4.91. The molecule has 2 heterocycles. The molecule has 0 bridgehead atoms. The summed E-state index contributed by atoms with van der Waals surface area (Å²) in [6, 6.07) is 1.97. The van der Waals surface area contributed by atoms with E-state index < -0.39 is 0 Å². The molecule has 0 fully saturated rings. The van der Waals surface area contributed by atoms with E-state index in [0.717, 1.165) is 34.8 Å². The van der Waals surface area contributed by atoms with Crippen LogP contribution < -0.4 is 0 Å². The van der Waals surface area contributed by atoms with Gasteiger partial charge < -0.3 is 4.42 Å². The quantitative estimate of drug-likeness (QED) is 0.793. The van der Waals surface area contributed by atoms with Gasteiger partial charge in [-0.1, -0.05) is 0 Å². The molecule has 0 spiro atoms. The lowest BCUT2D eigenvalue weighted by molar-refractivity contribution is 0.0988. The molecule has 2 aromatic rings. The molecule has 0 saturated carbocycles. The van der Waals surface area contributed by atoms with Crippen molar-refractivity contribution in [3.8, 4) is 0 Å². The van der Waals surface area contributed by atoms with Gasteiger partial charge in [0.25, 0.3) is 0 Å². The highest BCUT2D eigenvalue weighted by Crippen LogP contribution is 2.22. The summed E-state index contributed by atoms with van der Waals surface area (Å²) in [6.07, 6.45) is 0.370. The first-order chi connectivity index (χ1) is 8.93. The van der Waals surface area contributed by atoms with E-state index in [0.29, 0.717) is 12.2 Å². The van der Waals surface area contributed by atoms with Gasteiger partial charge in [0.15, 0.2) is 5.78 Å². The topological polar surface area (TPSA) is 48.0 Å². The molecule has 0 aliphatic rings. The summed E-state index contributed by atoms with van der Waals surface area (Å²) >= 11 is 0. The second-order valence-electron chi connectivity index (χ2n) is 4.91. The van der Waals surface area contributed by atoms with Gasteiger partial charge in [0.2, 0.25) is 0 Å². The molecule has 102 valence electrons. The van der Waals surface area contributed by atoms with Crippen molar-refractivity contribution in [2.75, 3.05) is 0 Å². The maximum absolute atomic E-state index is 12.4. The average molecular weight is 260 g/mol. The van der Waals surface area contributed by atoms with Crippen LogP contribution in [0.2, 0.25) is 0 Å². The van der Waals surface area contributed by atoms with Crippen molar-refractivity contribution in [3.05, 3.63) is 40.1 Å². The Kier molecular flexibility index (Phi) is 3.60. The average Bonchev–Trinajstić information content (AvgIpc) is 2.80. The number of aromatic nitrogens is 2. The maximum atomic E-state index is 12.4. The minimum atomic E-state index is 0.0986. The number of carbonyl (C=O) groups excluding carboxylic acids is 1. The first-order valence-corrected chi connectivity index (χ1v) is 6.57. The number of hydrogen-bond acceptors (Lipinski definition) is 3. The van der Waals surface area contributed by atoms with Crippen LogP contribution in [0.5, 0.6) is 0 Å². The molecule has 0 saturated heterocycles. The van der Waals surface area contributed by atoms with Crippen molar-refractivity contribution < 1.29 is 9.21 Å². The van der Waals surface area contributed by atoms with Gasteiger partial charge >= 0.3 is 0 Å². The molecule has 2 aromatic heterocycles. The van der Waals surface area contributed by atoms with E-state index in [1.54, 1.807) is 0 Å². The molecule has 0 aliphatic heterocycles. The lowest BCUT2D eigenvalue weighted by Crippen LogP contribution is -2.11. The van der Waals surface area contributed by atoms with Crippen molar-refractivity contribution in [2.45, 2.75) is 47.6 Å². The predicted molar refractivity (Wildman–Crippen MR) is 73.6 cm³/mol. The first kappa shape index (κ1) is 13.6. The number of carbonyl (C=O) groups is 1. The number of aryl methyl sites for hydroxylation is 4. The van der Waals surface area contributed by atoms with E-state index in [1.807, 2.05) is 45.4 Å². The van der Waals surface area contributed by atoms with Crippen LogP contribution in [-0.2, 0) is 13.0 Å². The number of rotatable bonds is 4.